The summed E-state index contributed by atoms with van der Waals surface area (Å²) >= 11 is 0. The third-order valence-electron chi connectivity index (χ3n) is 14.3. The van der Waals surface area contributed by atoms with Gasteiger partial charge >= 0.3 is 17.9 Å². The predicted molar refractivity (Wildman–Crippen MR) is 244 cm³/mol. The van der Waals surface area contributed by atoms with E-state index in [0.717, 1.165) is 70.6 Å². The zero-order valence-electron chi connectivity index (χ0n) is 42.2. The SMILES string of the molecule is CCCCC[C@H]1CCCCCCCCCC(=O)O[C@H]2[C@@H](O)[C@H](O[C@H]3[C@H](O1)O[C@H](C)[C@H](O)[C@@H]3O)O[C@@H](C)[C@@H]2O[C@@H]1O[C@@H](C)[C@H](O[C@@H]2O[C@@H](O)[C@H](OC(=O)[C@@H](C)CC)[C@@H](O)[C@H]2O)[C@@H](O)[C@H]1OC(=O)[C@@H](C)CC. The third kappa shape index (κ3) is 15.2. The summed E-state index contributed by atoms with van der Waals surface area (Å²) in [7, 11) is 0. The van der Waals surface area contributed by atoms with Crippen molar-refractivity contribution in [3.8, 4) is 0 Å². The summed E-state index contributed by atoms with van der Waals surface area (Å²) in [6.07, 6.45) is -19.9. The zero-order chi connectivity index (χ0) is 51.4. The number of aliphatic hydroxyl groups excluding tert-OH is 7. The van der Waals surface area contributed by atoms with Crippen LogP contribution in [0.1, 0.15) is 152 Å². The molecular weight excluding hydrogens is 925 g/mol. The number of rotatable bonds is 14. The van der Waals surface area contributed by atoms with Crippen molar-refractivity contribution < 1.29 is 102 Å². The van der Waals surface area contributed by atoms with E-state index in [2.05, 4.69) is 6.92 Å². The van der Waals surface area contributed by atoms with Crippen LogP contribution in [0.4, 0.5) is 0 Å². The molecule has 0 amide bonds. The van der Waals surface area contributed by atoms with Gasteiger partial charge in [-0.15, -0.1) is 0 Å². The topological polar surface area (TPSA) is 294 Å². The van der Waals surface area contributed by atoms with Crippen LogP contribution in [0.5, 0.6) is 0 Å². The van der Waals surface area contributed by atoms with Crippen LogP contribution in [-0.2, 0) is 66.5 Å². The molecule has 0 aromatic rings. The molecule has 7 N–H and O–H groups in total. The number of hydrogen-bond acceptors (Lipinski definition) is 21. The lowest BCUT2D eigenvalue weighted by molar-refractivity contribution is -0.393. The normalized spacial score (nSPS) is 42.7. The first-order chi connectivity index (χ1) is 33.3. The van der Waals surface area contributed by atoms with E-state index < -0.39 is 153 Å². The van der Waals surface area contributed by atoms with Crippen molar-refractivity contribution in [3.05, 3.63) is 0 Å². The third-order valence-corrected chi connectivity index (χ3v) is 14.3. The molecule has 5 fully saturated rings. The summed E-state index contributed by atoms with van der Waals surface area (Å²) in [6.45, 7) is 13.4. The quantitative estimate of drug-likeness (QED) is 0.0747. The molecule has 5 heterocycles. The Hall–Kier alpha value is -2.19. The number of hydrogen-bond donors (Lipinski definition) is 7. The summed E-state index contributed by atoms with van der Waals surface area (Å²) in [6, 6.07) is 0. The molecule has 0 saturated carbocycles. The van der Waals surface area contributed by atoms with E-state index in [1.54, 1.807) is 41.5 Å². The molecule has 0 aromatic heterocycles. The fraction of sp³-hybridized carbons (Fsp3) is 0.939. The monoisotopic (exact) mass is 1010 g/mol. The second-order valence-corrected chi connectivity index (χ2v) is 19.9. The molecule has 5 aliphatic heterocycles. The summed E-state index contributed by atoms with van der Waals surface area (Å²) in [5, 5.41) is 79.4. The highest BCUT2D eigenvalue weighted by Crippen LogP contribution is 2.37. The number of carbonyl (C=O) groups excluding carboxylic acids is 3. The fourth-order valence-corrected chi connectivity index (χ4v) is 9.28. The second kappa shape index (κ2) is 27.9. The molecule has 0 spiro atoms. The van der Waals surface area contributed by atoms with Crippen molar-refractivity contribution >= 4 is 17.9 Å². The Morgan fingerprint density at radius 3 is 1.79 bits per heavy atom. The van der Waals surface area contributed by atoms with Gasteiger partial charge < -0.3 is 87.9 Å². The standard InChI is InChI=1S/C49H84O21/c1-9-12-18-21-29-22-19-16-14-13-15-17-20-23-30(50)64-39-36(56)47(69-41-32(52)31(51)26(6)60-48(41)63-29)61-28(8)38(39)68-49-42(66-44(58)25(5)11-3)35(55)37(27(7)62-49)67-46-34(54)33(53)40(45(59)70-46)65-43(57)24(4)10-2/h24-29,31-42,45-49,51-56,59H,9-23H2,1-8H3/t24-,25-,26+,27-,28-,29-,31-,32-,33-,34+,35+,36+,37-,38-,39-,40+,41+,42+,45+,46+,47-,48-,49-/m0/s1. The molecule has 2 bridgehead atoms. The van der Waals surface area contributed by atoms with Crippen molar-refractivity contribution in [1.82, 2.24) is 0 Å². The average molecular weight is 1010 g/mol. The van der Waals surface area contributed by atoms with Gasteiger partial charge in [0.25, 0.3) is 0 Å². The van der Waals surface area contributed by atoms with Crippen LogP contribution in [0.2, 0.25) is 0 Å². The van der Waals surface area contributed by atoms with Crippen LogP contribution >= 0.6 is 0 Å². The molecule has 5 aliphatic rings. The van der Waals surface area contributed by atoms with Gasteiger partial charge in [0.05, 0.1) is 36.3 Å². The van der Waals surface area contributed by atoms with E-state index in [4.69, 9.17) is 52.1 Å². The van der Waals surface area contributed by atoms with Gasteiger partial charge in [-0.05, 0) is 52.9 Å². The maximum atomic E-state index is 13.6. The largest absolute Gasteiger partial charge is 0.456 e. The van der Waals surface area contributed by atoms with Gasteiger partial charge in [-0.3, -0.25) is 14.4 Å². The number of carbonyl (C=O) groups is 3. The van der Waals surface area contributed by atoms with Crippen molar-refractivity contribution in [1.29, 1.82) is 0 Å². The summed E-state index contributed by atoms with van der Waals surface area (Å²) < 4.78 is 66.5. The number of ether oxygens (including phenoxy) is 11. The Morgan fingerprint density at radius 2 is 1.14 bits per heavy atom. The average Bonchev–Trinajstić information content (AvgIpc) is 3.33. The highest BCUT2D eigenvalue weighted by molar-refractivity contribution is 5.72. The minimum Gasteiger partial charge on any atom is -0.456 e. The Labute approximate surface area is 412 Å². The Balaban J connectivity index is 1.41. The van der Waals surface area contributed by atoms with Crippen LogP contribution in [0.3, 0.4) is 0 Å². The first-order valence-electron chi connectivity index (χ1n) is 25.9. The van der Waals surface area contributed by atoms with Gasteiger partial charge in [0.1, 0.15) is 54.9 Å². The van der Waals surface area contributed by atoms with Crippen molar-refractivity contribution in [3.63, 3.8) is 0 Å². The van der Waals surface area contributed by atoms with Gasteiger partial charge in [0.2, 0.25) is 0 Å². The maximum Gasteiger partial charge on any atom is 0.309 e. The smallest absolute Gasteiger partial charge is 0.309 e. The molecule has 23 atom stereocenters. The van der Waals surface area contributed by atoms with E-state index in [0.29, 0.717) is 19.3 Å². The highest BCUT2D eigenvalue weighted by atomic mass is 16.8. The van der Waals surface area contributed by atoms with Crippen molar-refractivity contribution in [2.75, 3.05) is 0 Å². The Kier molecular flexibility index (Phi) is 23.4. The molecule has 0 radical (unpaired) electrons. The Bertz CT molecular complexity index is 1590. The minimum atomic E-state index is -1.96. The van der Waals surface area contributed by atoms with E-state index >= 15 is 0 Å². The van der Waals surface area contributed by atoms with Gasteiger partial charge in [0, 0.05) is 6.42 Å². The van der Waals surface area contributed by atoms with Crippen LogP contribution in [0, 0.1) is 11.8 Å². The maximum absolute atomic E-state index is 13.6. The first-order valence-corrected chi connectivity index (χ1v) is 25.9. The van der Waals surface area contributed by atoms with Gasteiger partial charge in [-0.25, -0.2) is 0 Å². The van der Waals surface area contributed by atoms with E-state index in [9.17, 15) is 50.1 Å². The van der Waals surface area contributed by atoms with Gasteiger partial charge in [0.15, 0.2) is 49.8 Å². The molecule has 0 unspecified atom stereocenters. The number of unbranched alkanes of at least 4 members (excludes halogenated alkanes) is 2. The molecule has 5 saturated heterocycles. The Morgan fingerprint density at radius 1 is 0.557 bits per heavy atom. The van der Waals surface area contributed by atoms with Crippen LogP contribution in [-0.4, -0.2) is 183 Å². The van der Waals surface area contributed by atoms with E-state index in [1.807, 2.05) is 0 Å². The van der Waals surface area contributed by atoms with Crippen molar-refractivity contribution in [2.45, 2.75) is 281 Å². The lowest BCUT2D eigenvalue weighted by atomic mass is 9.96. The molecule has 0 aliphatic carbocycles. The minimum absolute atomic E-state index is 0.00861. The highest BCUT2D eigenvalue weighted by Gasteiger charge is 2.57. The van der Waals surface area contributed by atoms with E-state index in [1.165, 1.54) is 6.92 Å². The second-order valence-electron chi connectivity index (χ2n) is 19.9. The predicted octanol–water partition coefficient (Wildman–Crippen LogP) is 2.53. The number of aliphatic hydroxyl groups is 7. The summed E-state index contributed by atoms with van der Waals surface area (Å²) in [5.41, 5.74) is 0. The molecule has 70 heavy (non-hydrogen) atoms. The summed E-state index contributed by atoms with van der Waals surface area (Å²) in [5.74, 6) is -3.40. The lowest BCUT2D eigenvalue weighted by Gasteiger charge is -2.49. The number of fused-ring (bicyclic) bond motifs is 3. The fourth-order valence-electron chi connectivity index (χ4n) is 9.28. The van der Waals surface area contributed by atoms with Gasteiger partial charge in [-0.1, -0.05) is 92.4 Å². The van der Waals surface area contributed by atoms with Crippen LogP contribution < -0.4 is 0 Å². The van der Waals surface area contributed by atoms with Crippen LogP contribution in [0.25, 0.3) is 0 Å². The van der Waals surface area contributed by atoms with Crippen LogP contribution in [0.15, 0.2) is 0 Å². The van der Waals surface area contributed by atoms with Gasteiger partial charge in [-0.2, -0.15) is 0 Å². The zero-order valence-corrected chi connectivity index (χ0v) is 42.2. The molecular formula is C49H84O21. The molecule has 21 nitrogen and oxygen atoms in total. The molecule has 0 aromatic carbocycles. The molecule has 21 heteroatoms. The van der Waals surface area contributed by atoms with E-state index in [-0.39, 0.29) is 12.5 Å². The lowest BCUT2D eigenvalue weighted by Crippen LogP contribution is -2.67. The molecule has 406 valence electrons. The number of esters is 3. The summed E-state index contributed by atoms with van der Waals surface area (Å²) in [4.78, 5) is 39.6. The van der Waals surface area contributed by atoms with Crippen molar-refractivity contribution in [2.24, 2.45) is 11.8 Å². The first kappa shape index (κ1) is 58.7. The molecule has 5 rings (SSSR count).